The molecule has 1 aliphatic carbocycles. The molecule has 0 radical (unpaired) electrons. The van der Waals surface area contributed by atoms with Crippen molar-refractivity contribution in [3.8, 4) is 10.4 Å². The van der Waals surface area contributed by atoms with E-state index in [1.807, 2.05) is 43.5 Å². The molecule has 0 bridgehead atoms. The van der Waals surface area contributed by atoms with Crippen LogP contribution in [0.2, 0.25) is 0 Å². The van der Waals surface area contributed by atoms with E-state index in [9.17, 15) is 5.21 Å². The second kappa shape index (κ2) is 9.45. The van der Waals surface area contributed by atoms with Crippen molar-refractivity contribution in [2.24, 2.45) is 0 Å². The largest absolute Gasteiger partial charge is 0.355 e. The van der Waals surface area contributed by atoms with Crippen LogP contribution in [0.3, 0.4) is 0 Å². The molecule has 3 N–H and O–H groups in total. The molecule has 0 aliphatic heterocycles. The molecule has 1 aliphatic rings. The van der Waals surface area contributed by atoms with Crippen molar-refractivity contribution in [3.63, 3.8) is 0 Å². The zero-order valence-electron chi connectivity index (χ0n) is 17.1. The van der Waals surface area contributed by atoms with E-state index >= 15 is 0 Å². The summed E-state index contributed by atoms with van der Waals surface area (Å²) >= 11 is 6.21. The van der Waals surface area contributed by atoms with Gasteiger partial charge in [0.05, 0.1) is 15.4 Å². The number of quaternary nitrogens is 1. The van der Waals surface area contributed by atoms with Gasteiger partial charge in [0.25, 0.3) is 0 Å². The van der Waals surface area contributed by atoms with Crippen LogP contribution in [0.1, 0.15) is 50.0 Å². The second-order valence-corrected chi connectivity index (χ2v) is 9.24. The topological polar surface area (TPSA) is 70.1 Å². The number of hydrogen-bond donors (Lipinski definition) is 4. The van der Waals surface area contributed by atoms with E-state index in [1.54, 1.807) is 23.7 Å². The summed E-state index contributed by atoms with van der Waals surface area (Å²) in [7, 11) is 0. The van der Waals surface area contributed by atoms with Crippen LogP contribution in [0.25, 0.3) is 10.4 Å². The van der Waals surface area contributed by atoms with Crippen LogP contribution in [0.15, 0.2) is 48.9 Å². The minimum atomic E-state index is -0.700. The first-order valence-electron chi connectivity index (χ1n) is 10.4. The Kier molecular flexibility index (Phi) is 6.70. The van der Waals surface area contributed by atoms with Crippen LogP contribution in [-0.4, -0.2) is 21.7 Å². The summed E-state index contributed by atoms with van der Waals surface area (Å²) < 4.78 is -0.700. The van der Waals surface area contributed by atoms with Gasteiger partial charge in [0.15, 0.2) is 0 Å². The van der Waals surface area contributed by atoms with Crippen molar-refractivity contribution in [2.75, 3.05) is 11.9 Å². The fourth-order valence-electron chi connectivity index (χ4n) is 3.93. The molecular weight excluding hydrogens is 414 g/mol. The fraction of sp³-hybridized carbons (Fsp3) is 0.364. The Morgan fingerprint density at radius 1 is 1.13 bits per heavy atom. The van der Waals surface area contributed by atoms with E-state index < -0.39 is 4.16 Å². The van der Waals surface area contributed by atoms with Gasteiger partial charge in [0.2, 0.25) is 5.69 Å². The summed E-state index contributed by atoms with van der Waals surface area (Å²) in [5.74, 6) is 0.562. The van der Waals surface area contributed by atoms with Crippen LogP contribution in [0.4, 0.5) is 17.1 Å². The van der Waals surface area contributed by atoms with Crippen molar-refractivity contribution >= 4 is 41.2 Å². The Balaban J connectivity index is 1.69. The van der Waals surface area contributed by atoms with Crippen molar-refractivity contribution in [1.29, 1.82) is 0 Å². The van der Waals surface area contributed by atoms with Crippen LogP contribution in [-0.2, 0) is 0 Å². The number of nitrogens with one attached hydrogen (secondary N) is 2. The van der Waals surface area contributed by atoms with E-state index in [4.69, 9.17) is 4.98 Å². The lowest BCUT2D eigenvalue weighted by molar-refractivity contribution is -0.0185. The van der Waals surface area contributed by atoms with E-state index in [1.165, 1.54) is 37.1 Å². The minimum absolute atomic E-state index is 0.562. The molecule has 1 saturated carbocycles. The molecule has 1 unspecified atom stereocenters. The number of thiol groups is 1. The SMILES string of the molecule is CCN[N+](O)(S)c1cc(Nc2ccncc2)ccc1-c1cnc(C2CCCCC2)s1. The van der Waals surface area contributed by atoms with E-state index in [0.29, 0.717) is 18.2 Å². The second-order valence-electron chi connectivity index (χ2n) is 7.60. The van der Waals surface area contributed by atoms with Gasteiger partial charge in [-0.05, 0) is 48.2 Å². The summed E-state index contributed by atoms with van der Waals surface area (Å²) in [5, 5.41) is 15.6. The maximum atomic E-state index is 11.0. The van der Waals surface area contributed by atoms with Gasteiger partial charge in [-0.1, -0.05) is 19.3 Å². The van der Waals surface area contributed by atoms with Gasteiger partial charge in [-0.2, -0.15) is 5.21 Å². The first-order valence-corrected chi connectivity index (χ1v) is 11.7. The molecule has 30 heavy (non-hydrogen) atoms. The van der Waals surface area contributed by atoms with Crippen LogP contribution < -0.4 is 14.9 Å². The monoisotopic (exact) mass is 442 g/mol. The molecule has 158 valence electrons. The van der Waals surface area contributed by atoms with Gasteiger partial charge in [0.1, 0.15) is 12.8 Å². The van der Waals surface area contributed by atoms with E-state index in [0.717, 1.165) is 21.8 Å². The molecule has 0 saturated heterocycles. The summed E-state index contributed by atoms with van der Waals surface area (Å²) in [6.07, 6.45) is 11.8. The van der Waals surface area contributed by atoms with Gasteiger partial charge in [-0.25, -0.2) is 4.98 Å². The molecule has 1 atom stereocenters. The molecule has 1 aromatic carbocycles. The molecule has 2 aromatic heterocycles. The van der Waals surface area contributed by atoms with Crippen LogP contribution in [0.5, 0.6) is 0 Å². The predicted molar refractivity (Wildman–Crippen MR) is 127 cm³/mol. The van der Waals surface area contributed by atoms with E-state index in [-0.39, 0.29) is 0 Å². The van der Waals surface area contributed by atoms with Crippen molar-refractivity contribution in [3.05, 3.63) is 53.9 Å². The highest BCUT2D eigenvalue weighted by Crippen LogP contribution is 2.42. The quantitative estimate of drug-likeness (QED) is 0.203. The zero-order chi connectivity index (χ0) is 21.0. The molecule has 4 rings (SSSR count). The molecular formula is C22H28N5OS2+. The third-order valence-electron chi connectivity index (χ3n) is 5.42. The molecule has 2 heterocycles. The van der Waals surface area contributed by atoms with Gasteiger partial charge in [-0.3, -0.25) is 4.98 Å². The predicted octanol–water partition coefficient (Wildman–Crippen LogP) is 6.06. The standard InChI is InChI=1S/C22H28N5OS2/c1-2-25-27(28,29)20-14-18(26-17-10-12-23-13-11-17)8-9-19(20)21-15-24-22(30-21)16-6-4-3-5-7-16/h8-16,25,28-29H,2-7H2,1H3,(H,23,26)/q+1. The maximum absolute atomic E-state index is 11.0. The van der Waals surface area contributed by atoms with Gasteiger partial charge in [-0.15, -0.1) is 16.8 Å². The number of benzene rings is 1. The number of thiazole rings is 1. The van der Waals surface area contributed by atoms with Crippen LogP contribution >= 0.6 is 24.2 Å². The lowest BCUT2D eigenvalue weighted by Gasteiger charge is -2.24. The molecule has 6 nitrogen and oxygen atoms in total. The number of rotatable bonds is 7. The number of anilines is 2. The van der Waals surface area contributed by atoms with Crippen molar-refractivity contribution in [1.82, 2.24) is 19.6 Å². The first kappa shape index (κ1) is 21.3. The normalized spacial score (nSPS) is 16.9. The summed E-state index contributed by atoms with van der Waals surface area (Å²) in [5.41, 5.74) is 6.38. The number of pyridine rings is 1. The average molecular weight is 443 g/mol. The summed E-state index contributed by atoms with van der Waals surface area (Å²) in [6.45, 7) is 2.50. The zero-order valence-corrected chi connectivity index (χ0v) is 18.8. The van der Waals surface area contributed by atoms with Crippen LogP contribution in [0, 0.1) is 0 Å². The molecule has 3 aromatic rings. The van der Waals surface area contributed by atoms with Crippen molar-refractivity contribution in [2.45, 2.75) is 44.9 Å². The lowest BCUT2D eigenvalue weighted by atomic mass is 9.90. The smallest absolute Gasteiger partial charge is 0.208 e. The Labute approximate surface area is 187 Å². The van der Waals surface area contributed by atoms with Gasteiger partial charge in [0, 0.05) is 48.5 Å². The third kappa shape index (κ3) is 4.84. The molecule has 0 spiro atoms. The van der Waals surface area contributed by atoms with E-state index in [2.05, 4.69) is 28.5 Å². The van der Waals surface area contributed by atoms with Crippen molar-refractivity contribution < 1.29 is 5.21 Å². The highest BCUT2D eigenvalue weighted by atomic mass is 32.1. The summed E-state index contributed by atoms with van der Waals surface area (Å²) in [4.78, 5) is 9.84. The lowest BCUT2D eigenvalue weighted by Crippen LogP contribution is -2.48. The third-order valence-corrected chi connectivity index (χ3v) is 6.97. The molecule has 0 amide bonds. The number of hydrogen-bond acceptors (Lipinski definition) is 7. The average Bonchev–Trinajstić information content (AvgIpc) is 3.25. The Hall–Kier alpha value is -1.97. The number of nitrogens with zero attached hydrogens (tertiary/aromatic N) is 3. The Bertz CT molecular complexity index is 971. The Morgan fingerprint density at radius 3 is 2.63 bits per heavy atom. The highest BCUT2D eigenvalue weighted by molar-refractivity contribution is 7.79. The van der Waals surface area contributed by atoms with Gasteiger partial charge >= 0.3 is 0 Å². The fourth-order valence-corrected chi connectivity index (χ4v) is 5.36. The summed E-state index contributed by atoms with van der Waals surface area (Å²) in [6, 6.07) is 9.76. The minimum Gasteiger partial charge on any atom is -0.355 e. The first-order chi connectivity index (χ1) is 14.6. The molecule has 8 heteroatoms. The Morgan fingerprint density at radius 2 is 1.90 bits per heavy atom. The number of aromatic nitrogens is 2. The highest BCUT2D eigenvalue weighted by Gasteiger charge is 2.31. The van der Waals surface area contributed by atoms with Gasteiger partial charge < -0.3 is 5.32 Å². The molecule has 1 fully saturated rings. The maximum Gasteiger partial charge on any atom is 0.208 e.